The van der Waals surface area contributed by atoms with E-state index >= 15 is 0 Å². The van der Waals surface area contributed by atoms with Crippen molar-refractivity contribution in [2.24, 2.45) is 5.41 Å². The van der Waals surface area contributed by atoms with Crippen molar-refractivity contribution in [3.63, 3.8) is 0 Å². The van der Waals surface area contributed by atoms with Gasteiger partial charge in [0.15, 0.2) is 0 Å². The lowest BCUT2D eigenvalue weighted by molar-refractivity contribution is -0.807. The van der Waals surface area contributed by atoms with E-state index in [9.17, 15) is 10.2 Å². The monoisotopic (exact) mass is 348 g/mol. The van der Waals surface area contributed by atoms with Crippen LogP contribution in [-0.2, 0) is 6.54 Å². The average Bonchev–Trinajstić information content (AvgIpc) is 2.95. The minimum absolute atomic E-state index is 0.334. The number of aromatic nitrogens is 3. The van der Waals surface area contributed by atoms with Gasteiger partial charge in [-0.15, -0.1) is 0 Å². The summed E-state index contributed by atoms with van der Waals surface area (Å²) in [6.45, 7) is 4.42. The number of rotatable bonds is 1. The Morgan fingerprint density at radius 3 is 2.62 bits per heavy atom. The van der Waals surface area contributed by atoms with Crippen molar-refractivity contribution in [2.75, 3.05) is 0 Å². The molecule has 128 valence electrons. The van der Waals surface area contributed by atoms with Gasteiger partial charge < -0.3 is 10.2 Å². The summed E-state index contributed by atoms with van der Waals surface area (Å²) >= 11 is 6.04. The van der Waals surface area contributed by atoms with Crippen LogP contribution >= 0.6 is 11.6 Å². The first kappa shape index (κ1) is 16.1. The lowest BCUT2D eigenvalue weighted by Crippen LogP contribution is -2.78. The van der Waals surface area contributed by atoms with E-state index in [0.717, 1.165) is 18.4 Å². The zero-order valence-corrected chi connectivity index (χ0v) is 14.7. The second-order valence-corrected chi connectivity index (χ2v) is 8.27. The molecule has 0 spiro atoms. The Balaban J connectivity index is 1.95. The van der Waals surface area contributed by atoms with E-state index < -0.39 is 22.7 Å². The van der Waals surface area contributed by atoms with Crippen LogP contribution < -0.4 is 4.68 Å². The molecule has 0 unspecified atom stereocenters. The maximum atomic E-state index is 11.8. The average molecular weight is 349 g/mol. The molecular weight excluding hydrogens is 326 g/mol. The standard InChI is InChI=1S/C18H23ClN3O2/c1-16(2)8-3-9-17(23)15(13-4-6-14(19)7-5-13)22-12-20-11-21(22)10-18(16,17)24/h4-7,11-12,15,23-24H,3,8-10H2,1-2H3/q+1/t15-,17-,18+/m0/s1. The Morgan fingerprint density at radius 1 is 1.21 bits per heavy atom. The van der Waals surface area contributed by atoms with Crippen molar-refractivity contribution in [1.82, 2.24) is 9.67 Å². The lowest BCUT2D eigenvalue weighted by atomic mass is 9.54. The van der Waals surface area contributed by atoms with Gasteiger partial charge in [0, 0.05) is 10.4 Å². The summed E-state index contributed by atoms with van der Waals surface area (Å²) in [6, 6.07) is 7.08. The third-order valence-corrected chi connectivity index (χ3v) is 6.42. The first-order chi connectivity index (χ1) is 11.3. The molecule has 1 aliphatic heterocycles. The van der Waals surface area contributed by atoms with Gasteiger partial charge in [-0.05, 0) is 41.9 Å². The van der Waals surface area contributed by atoms with Gasteiger partial charge in [0.05, 0.1) is 0 Å². The predicted octanol–water partition coefficient (Wildman–Crippen LogP) is 2.10. The summed E-state index contributed by atoms with van der Waals surface area (Å²) < 4.78 is 3.83. The molecule has 2 N–H and O–H groups in total. The Labute approximate surface area is 146 Å². The van der Waals surface area contributed by atoms with Crippen LogP contribution in [0.25, 0.3) is 0 Å². The quantitative estimate of drug-likeness (QED) is 0.776. The van der Waals surface area contributed by atoms with E-state index in [1.54, 1.807) is 12.7 Å². The molecule has 5 nitrogen and oxygen atoms in total. The summed E-state index contributed by atoms with van der Waals surface area (Å²) in [4.78, 5) is 4.24. The number of halogens is 1. The molecule has 2 heterocycles. The normalized spacial score (nSPS) is 34.5. The van der Waals surface area contributed by atoms with Crippen molar-refractivity contribution < 1.29 is 14.9 Å². The molecule has 4 rings (SSSR count). The molecule has 1 fully saturated rings. The Hall–Kier alpha value is -1.43. The fraction of sp³-hybridized carbons (Fsp3) is 0.556. The van der Waals surface area contributed by atoms with Gasteiger partial charge in [0.25, 0.3) is 0 Å². The molecule has 3 atom stereocenters. The van der Waals surface area contributed by atoms with Crippen LogP contribution in [-0.4, -0.2) is 31.1 Å². The van der Waals surface area contributed by atoms with Gasteiger partial charge in [0.2, 0.25) is 6.33 Å². The van der Waals surface area contributed by atoms with Crippen LogP contribution in [0.2, 0.25) is 5.02 Å². The van der Waals surface area contributed by atoms with Crippen LogP contribution in [0.5, 0.6) is 0 Å². The summed E-state index contributed by atoms with van der Waals surface area (Å²) in [5.41, 5.74) is -1.97. The zero-order valence-electron chi connectivity index (χ0n) is 14.0. The molecule has 0 amide bonds. The predicted molar refractivity (Wildman–Crippen MR) is 89.5 cm³/mol. The van der Waals surface area contributed by atoms with E-state index in [2.05, 4.69) is 4.98 Å². The van der Waals surface area contributed by atoms with E-state index in [1.165, 1.54) is 0 Å². The second kappa shape index (κ2) is 5.04. The fourth-order valence-corrected chi connectivity index (χ4v) is 4.80. The summed E-state index contributed by atoms with van der Waals surface area (Å²) in [5.74, 6) is 0. The SMILES string of the molecule is CC1(C)CCC[C@]2(O)[C@H](c3ccc(Cl)cc3)n3cnc[n+]3C[C@@]12O. The molecular formula is C18H23ClN3O2+. The minimum atomic E-state index is -1.26. The number of hydrogen-bond donors (Lipinski definition) is 2. The summed E-state index contributed by atoms with van der Waals surface area (Å²) in [6.07, 6.45) is 5.75. The smallest absolute Gasteiger partial charge is 0.306 e. The molecule has 0 saturated heterocycles. The third kappa shape index (κ3) is 1.95. The molecule has 1 aliphatic carbocycles. The third-order valence-electron chi connectivity index (χ3n) is 6.17. The molecule has 0 bridgehead atoms. The number of nitrogens with zero attached hydrogens (tertiary/aromatic N) is 3. The number of hydrogen-bond acceptors (Lipinski definition) is 3. The molecule has 6 heteroatoms. The number of aliphatic hydroxyl groups is 2. The Bertz CT molecular complexity index is 773. The second-order valence-electron chi connectivity index (χ2n) is 7.83. The van der Waals surface area contributed by atoms with Crippen LogP contribution in [0.4, 0.5) is 0 Å². The molecule has 2 aromatic rings. The number of benzene rings is 1. The zero-order chi connectivity index (χ0) is 17.2. The summed E-state index contributed by atoms with van der Waals surface area (Å²) in [7, 11) is 0. The van der Waals surface area contributed by atoms with E-state index in [0.29, 0.717) is 18.0 Å². The van der Waals surface area contributed by atoms with Gasteiger partial charge in [-0.2, -0.15) is 9.36 Å². The Kier molecular flexibility index (Phi) is 3.37. The van der Waals surface area contributed by atoms with Gasteiger partial charge in [-0.3, -0.25) is 0 Å². The van der Waals surface area contributed by atoms with Crippen molar-refractivity contribution in [3.8, 4) is 0 Å². The highest BCUT2D eigenvalue weighted by Crippen LogP contribution is 2.56. The maximum Gasteiger partial charge on any atom is 0.306 e. The number of fused-ring (bicyclic) bond motifs is 2. The van der Waals surface area contributed by atoms with Crippen molar-refractivity contribution in [2.45, 2.75) is 56.9 Å². The van der Waals surface area contributed by atoms with E-state index in [-0.39, 0.29) is 0 Å². The van der Waals surface area contributed by atoms with Crippen molar-refractivity contribution in [1.29, 1.82) is 0 Å². The van der Waals surface area contributed by atoms with E-state index in [4.69, 9.17) is 11.6 Å². The molecule has 0 radical (unpaired) electrons. The van der Waals surface area contributed by atoms with Gasteiger partial charge in [-0.25, -0.2) is 0 Å². The largest absolute Gasteiger partial charge is 0.384 e. The van der Waals surface area contributed by atoms with Gasteiger partial charge in [0.1, 0.15) is 23.8 Å². The van der Waals surface area contributed by atoms with Crippen molar-refractivity contribution in [3.05, 3.63) is 47.5 Å². The highest BCUT2D eigenvalue weighted by atomic mass is 35.5. The van der Waals surface area contributed by atoms with Crippen LogP contribution in [0.15, 0.2) is 36.9 Å². The van der Waals surface area contributed by atoms with Crippen LogP contribution in [0, 0.1) is 5.41 Å². The molecule has 24 heavy (non-hydrogen) atoms. The van der Waals surface area contributed by atoms with Crippen LogP contribution in [0.3, 0.4) is 0 Å². The molecule has 1 saturated carbocycles. The van der Waals surface area contributed by atoms with Gasteiger partial charge >= 0.3 is 6.33 Å². The molecule has 1 aromatic heterocycles. The minimum Gasteiger partial charge on any atom is -0.384 e. The van der Waals surface area contributed by atoms with E-state index in [1.807, 2.05) is 47.5 Å². The fourth-order valence-electron chi connectivity index (χ4n) is 4.68. The highest BCUT2D eigenvalue weighted by molar-refractivity contribution is 6.30. The molecule has 2 aliphatic rings. The maximum absolute atomic E-state index is 11.8. The topological polar surface area (TPSA) is 62.2 Å². The lowest BCUT2D eigenvalue weighted by Gasteiger charge is -2.59. The van der Waals surface area contributed by atoms with Crippen LogP contribution in [0.1, 0.15) is 44.7 Å². The first-order valence-electron chi connectivity index (χ1n) is 8.40. The van der Waals surface area contributed by atoms with Gasteiger partial charge in [-0.1, -0.05) is 37.6 Å². The first-order valence-corrected chi connectivity index (χ1v) is 8.78. The highest BCUT2D eigenvalue weighted by Gasteiger charge is 2.68. The summed E-state index contributed by atoms with van der Waals surface area (Å²) in [5, 5.41) is 24.1. The van der Waals surface area contributed by atoms with Crippen molar-refractivity contribution >= 4 is 11.6 Å². The Morgan fingerprint density at radius 2 is 1.92 bits per heavy atom. The molecule has 1 aromatic carbocycles.